The van der Waals surface area contributed by atoms with Gasteiger partial charge in [0.25, 0.3) is 11.8 Å². The number of carbonyl (C=O) groups excluding carboxylic acids is 2. The summed E-state index contributed by atoms with van der Waals surface area (Å²) >= 11 is 0. The van der Waals surface area contributed by atoms with Gasteiger partial charge in [0.05, 0.1) is 33.7 Å². The molecule has 3 aromatic carbocycles. The van der Waals surface area contributed by atoms with Crippen molar-refractivity contribution in [3.8, 4) is 33.5 Å². The lowest BCUT2D eigenvalue weighted by molar-refractivity contribution is -0.118. The standard InChI is InChI=1S/C40H30N6O3/c1-24-20-32-42-21-31-33(26-16-18-41-19-17-26)34(25-8-4-3-5-9-25)35(43-36(31)46(32)44-24)27-12-14-28(15-13-27)40(22-39(2,49)23-40)45-37(47)29-10-6-7-11-30(29)38(45)48/h3-21,49H,22-23H2,1-2H3/t39-,40-. The van der Waals surface area contributed by atoms with Gasteiger partial charge in [-0.1, -0.05) is 66.7 Å². The number of carbonyl (C=O) groups is 2. The van der Waals surface area contributed by atoms with Crippen molar-refractivity contribution in [1.29, 1.82) is 0 Å². The van der Waals surface area contributed by atoms with E-state index in [0.717, 1.165) is 50.2 Å². The number of nitrogens with zero attached hydrogens (tertiary/aromatic N) is 6. The Bertz CT molecular complexity index is 2430. The zero-order chi connectivity index (χ0) is 33.5. The summed E-state index contributed by atoms with van der Waals surface area (Å²) in [6.45, 7) is 3.68. The molecule has 2 aliphatic rings. The molecule has 1 saturated carbocycles. The minimum absolute atomic E-state index is 0.240. The number of hydrogen-bond acceptors (Lipinski definition) is 7. The molecule has 9 rings (SSSR count). The summed E-state index contributed by atoms with van der Waals surface area (Å²) in [5, 5.41) is 16.6. The molecule has 4 aromatic heterocycles. The van der Waals surface area contributed by atoms with E-state index in [1.807, 2.05) is 73.8 Å². The second-order valence-electron chi connectivity index (χ2n) is 13.3. The first-order valence-electron chi connectivity index (χ1n) is 16.2. The largest absolute Gasteiger partial charge is 0.390 e. The van der Waals surface area contributed by atoms with Crippen molar-refractivity contribution in [2.24, 2.45) is 0 Å². The van der Waals surface area contributed by atoms with Crippen LogP contribution in [0, 0.1) is 6.92 Å². The van der Waals surface area contributed by atoms with Gasteiger partial charge < -0.3 is 5.11 Å². The molecule has 1 aliphatic carbocycles. The van der Waals surface area contributed by atoms with Crippen molar-refractivity contribution in [2.45, 2.75) is 37.8 Å². The maximum atomic E-state index is 13.7. The average Bonchev–Trinajstić information content (AvgIpc) is 3.62. The Morgan fingerprint density at radius 3 is 2.04 bits per heavy atom. The molecule has 0 atom stereocenters. The van der Waals surface area contributed by atoms with Crippen molar-refractivity contribution in [3.05, 3.63) is 138 Å². The molecular weight excluding hydrogens is 612 g/mol. The zero-order valence-corrected chi connectivity index (χ0v) is 26.8. The summed E-state index contributed by atoms with van der Waals surface area (Å²) < 4.78 is 1.79. The Labute approximate surface area is 281 Å². The molecule has 0 saturated heterocycles. The van der Waals surface area contributed by atoms with Crippen LogP contribution in [0.5, 0.6) is 0 Å². The summed E-state index contributed by atoms with van der Waals surface area (Å²) in [5.74, 6) is -0.672. The zero-order valence-electron chi connectivity index (χ0n) is 26.8. The molecule has 0 spiro atoms. The van der Waals surface area contributed by atoms with Crippen LogP contribution in [0.15, 0.2) is 116 Å². The monoisotopic (exact) mass is 642 g/mol. The van der Waals surface area contributed by atoms with Gasteiger partial charge in [0.1, 0.15) is 0 Å². The van der Waals surface area contributed by atoms with E-state index in [9.17, 15) is 14.7 Å². The Kier molecular flexibility index (Phi) is 6.22. The first-order chi connectivity index (χ1) is 23.7. The number of fused-ring (bicyclic) bond motifs is 4. The lowest BCUT2D eigenvalue weighted by Gasteiger charge is -2.55. The average molecular weight is 643 g/mol. The molecule has 7 aromatic rings. The van der Waals surface area contributed by atoms with Crippen LogP contribution in [0.25, 0.3) is 50.2 Å². The van der Waals surface area contributed by atoms with Crippen LogP contribution >= 0.6 is 0 Å². The Morgan fingerprint density at radius 1 is 0.755 bits per heavy atom. The van der Waals surface area contributed by atoms with Crippen LogP contribution in [0.4, 0.5) is 0 Å². The molecule has 0 bridgehead atoms. The molecule has 49 heavy (non-hydrogen) atoms. The summed E-state index contributed by atoms with van der Waals surface area (Å²) in [6, 6.07) is 30.9. The fourth-order valence-electron chi connectivity index (χ4n) is 7.86. The number of amides is 2. The highest BCUT2D eigenvalue weighted by Crippen LogP contribution is 2.55. The fourth-order valence-corrected chi connectivity index (χ4v) is 7.86. The summed E-state index contributed by atoms with van der Waals surface area (Å²) in [5.41, 5.74) is 7.18. The predicted molar refractivity (Wildman–Crippen MR) is 186 cm³/mol. The van der Waals surface area contributed by atoms with Gasteiger partial charge in [-0.3, -0.25) is 19.5 Å². The van der Waals surface area contributed by atoms with Crippen LogP contribution in [-0.4, -0.2) is 52.0 Å². The molecule has 1 aliphatic heterocycles. The van der Waals surface area contributed by atoms with E-state index in [1.54, 1.807) is 48.1 Å². The number of benzene rings is 3. The van der Waals surface area contributed by atoms with E-state index in [1.165, 1.54) is 4.90 Å². The first-order valence-corrected chi connectivity index (χ1v) is 16.2. The summed E-state index contributed by atoms with van der Waals surface area (Å²) in [4.78, 5) is 43.1. The molecule has 5 heterocycles. The highest BCUT2D eigenvalue weighted by molar-refractivity contribution is 6.22. The second kappa shape index (κ2) is 10.5. The fraction of sp³-hybridized carbons (Fsp3) is 0.150. The van der Waals surface area contributed by atoms with Gasteiger partial charge in [0, 0.05) is 59.6 Å². The second-order valence-corrected chi connectivity index (χ2v) is 13.3. The molecule has 0 radical (unpaired) electrons. The SMILES string of the molecule is Cc1cc2ncc3c(-c4ccncc4)c(-c4ccccc4)c(-c4ccc([C@]5(N6C(=O)c7ccccc7C6=O)C[C@](C)(O)C5)cc4)nc3n2n1. The van der Waals surface area contributed by atoms with Gasteiger partial charge in [-0.15, -0.1) is 0 Å². The number of rotatable bonds is 5. The van der Waals surface area contributed by atoms with Crippen molar-refractivity contribution in [3.63, 3.8) is 0 Å². The summed E-state index contributed by atoms with van der Waals surface area (Å²) in [7, 11) is 0. The molecule has 9 heteroatoms. The lowest BCUT2D eigenvalue weighted by Crippen LogP contribution is -2.63. The molecule has 1 N–H and O–H groups in total. The maximum Gasteiger partial charge on any atom is 0.262 e. The highest BCUT2D eigenvalue weighted by Gasteiger charge is 2.60. The molecule has 9 nitrogen and oxygen atoms in total. The van der Waals surface area contributed by atoms with Crippen molar-refractivity contribution in [1.82, 2.24) is 29.5 Å². The minimum atomic E-state index is -1.02. The van der Waals surface area contributed by atoms with Gasteiger partial charge in [0.15, 0.2) is 11.3 Å². The Morgan fingerprint density at radius 2 is 1.39 bits per heavy atom. The van der Waals surface area contributed by atoms with E-state index in [0.29, 0.717) is 22.4 Å². The van der Waals surface area contributed by atoms with E-state index < -0.39 is 11.1 Å². The number of pyridine rings is 2. The van der Waals surface area contributed by atoms with E-state index >= 15 is 0 Å². The number of imide groups is 1. The van der Waals surface area contributed by atoms with Crippen molar-refractivity contribution < 1.29 is 14.7 Å². The van der Waals surface area contributed by atoms with E-state index in [4.69, 9.17) is 15.1 Å². The quantitative estimate of drug-likeness (QED) is 0.201. The van der Waals surface area contributed by atoms with Crippen LogP contribution in [0.2, 0.25) is 0 Å². The van der Waals surface area contributed by atoms with Crippen LogP contribution in [0.3, 0.4) is 0 Å². The third-order valence-corrected chi connectivity index (χ3v) is 9.85. The summed E-state index contributed by atoms with van der Waals surface area (Å²) in [6.07, 6.45) is 5.90. The molecule has 1 fully saturated rings. The number of aromatic nitrogens is 5. The first kappa shape index (κ1) is 29.1. The number of hydrogen-bond donors (Lipinski definition) is 1. The highest BCUT2D eigenvalue weighted by atomic mass is 16.3. The third kappa shape index (κ3) is 4.36. The van der Waals surface area contributed by atoms with Gasteiger partial charge >= 0.3 is 0 Å². The van der Waals surface area contributed by atoms with Gasteiger partial charge in [-0.05, 0) is 54.8 Å². The smallest absolute Gasteiger partial charge is 0.262 e. The molecule has 0 unspecified atom stereocenters. The van der Waals surface area contributed by atoms with Gasteiger partial charge in [-0.2, -0.15) is 9.61 Å². The van der Waals surface area contributed by atoms with Gasteiger partial charge in [0.2, 0.25) is 0 Å². The van der Waals surface area contributed by atoms with Crippen LogP contribution < -0.4 is 0 Å². The van der Waals surface area contributed by atoms with Crippen molar-refractivity contribution in [2.75, 3.05) is 0 Å². The van der Waals surface area contributed by atoms with Crippen LogP contribution in [0.1, 0.15) is 51.7 Å². The van der Waals surface area contributed by atoms with Gasteiger partial charge in [-0.25, -0.2) is 9.97 Å². The van der Waals surface area contributed by atoms with E-state index in [-0.39, 0.29) is 24.7 Å². The predicted octanol–water partition coefficient (Wildman–Crippen LogP) is 7.02. The topological polar surface area (TPSA) is 114 Å². The minimum Gasteiger partial charge on any atom is -0.390 e. The molecular formula is C40H30N6O3. The number of aliphatic hydroxyl groups is 1. The lowest BCUT2D eigenvalue weighted by atomic mass is 9.61. The van der Waals surface area contributed by atoms with Crippen LogP contribution in [-0.2, 0) is 5.54 Å². The number of aryl methyl sites for hydroxylation is 1. The van der Waals surface area contributed by atoms with E-state index in [2.05, 4.69) is 17.1 Å². The maximum absolute atomic E-state index is 13.7. The molecule has 238 valence electrons. The molecule has 2 amide bonds. The normalized spacial score (nSPS) is 20.2. The Balaban J connectivity index is 1.26. The third-order valence-electron chi connectivity index (χ3n) is 9.85. The van der Waals surface area contributed by atoms with Crippen molar-refractivity contribution >= 4 is 28.5 Å². The Hall–Kier alpha value is -6.06.